The van der Waals surface area contributed by atoms with E-state index in [4.69, 9.17) is 16.5 Å². The highest BCUT2D eigenvalue weighted by atomic mass is 14.7. The number of hydrogen-bond donors (Lipinski definition) is 2. The second kappa shape index (κ2) is 7.89. The molecule has 0 radical (unpaired) electrons. The van der Waals surface area contributed by atoms with Crippen molar-refractivity contribution >= 4 is 10.9 Å². The third kappa shape index (κ3) is 3.73. The monoisotopic (exact) mass is 311 g/mol. The van der Waals surface area contributed by atoms with Crippen molar-refractivity contribution in [2.75, 3.05) is 6.54 Å². The lowest BCUT2D eigenvalue weighted by Crippen LogP contribution is -2.18. The number of hydrogen-bond acceptors (Lipinski definition) is 3. The van der Waals surface area contributed by atoms with Crippen LogP contribution in [0.3, 0.4) is 0 Å². The highest BCUT2D eigenvalue weighted by Gasteiger charge is 2.21. The third-order valence-electron chi connectivity index (χ3n) is 5.05. The third-order valence-corrected chi connectivity index (χ3v) is 5.05. The molecule has 3 heteroatoms. The Kier molecular flexibility index (Phi) is 5.63. The maximum Gasteiger partial charge on any atom is 0.0708 e. The average Bonchev–Trinajstić information content (AvgIpc) is 2.59. The van der Waals surface area contributed by atoms with Gasteiger partial charge in [0.1, 0.15) is 0 Å². The number of fused-ring (bicyclic) bond motifs is 2. The fraction of sp³-hybridized carbons (Fsp3) is 0.550. The number of nitrogens with two attached hydrogens (primary N) is 2. The van der Waals surface area contributed by atoms with E-state index in [0.717, 1.165) is 37.7 Å². The number of unbranched alkanes of at least 4 members (excludes halogenated alkanes) is 3. The normalized spacial score (nSPS) is 15.6. The van der Waals surface area contributed by atoms with Gasteiger partial charge in [-0.3, -0.25) is 4.98 Å². The standard InChI is InChI=1S/C20H29N3/c21-14-8-2-1-3-11-17(22)20-15-9-4-6-12-18(15)23-19-13-7-5-10-16(19)20/h4,6,9,12,17H,1-3,5,7-8,10-11,13-14,21-22H2. The molecule has 0 saturated heterocycles. The van der Waals surface area contributed by atoms with Crippen LogP contribution in [0.4, 0.5) is 0 Å². The number of nitrogens with zero attached hydrogens (tertiary/aromatic N) is 1. The fourth-order valence-electron chi connectivity index (χ4n) is 3.84. The van der Waals surface area contributed by atoms with Gasteiger partial charge < -0.3 is 11.5 Å². The summed E-state index contributed by atoms with van der Waals surface area (Å²) in [6, 6.07) is 8.64. The molecule has 1 unspecified atom stereocenters. The molecule has 0 amide bonds. The lowest BCUT2D eigenvalue weighted by atomic mass is 9.85. The Hall–Kier alpha value is -1.45. The van der Waals surface area contributed by atoms with Crippen LogP contribution < -0.4 is 11.5 Å². The average molecular weight is 311 g/mol. The fourth-order valence-corrected chi connectivity index (χ4v) is 3.84. The van der Waals surface area contributed by atoms with Crippen LogP contribution in [0.5, 0.6) is 0 Å². The van der Waals surface area contributed by atoms with Crippen molar-refractivity contribution in [2.24, 2.45) is 11.5 Å². The summed E-state index contributed by atoms with van der Waals surface area (Å²) in [7, 11) is 0. The molecule has 1 aromatic carbocycles. The van der Waals surface area contributed by atoms with E-state index in [0.29, 0.717) is 0 Å². The van der Waals surface area contributed by atoms with Gasteiger partial charge in [-0.1, -0.05) is 37.5 Å². The minimum Gasteiger partial charge on any atom is -0.330 e. The number of aryl methyl sites for hydroxylation is 1. The molecule has 3 rings (SSSR count). The van der Waals surface area contributed by atoms with Gasteiger partial charge in [-0.2, -0.15) is 0 Å². The van der Waals surface area contributed by atoms with Gasteiger partial charge in [0.2, 0.25) is 0 Å². The summed E-state index contributed by atoms with van der Waals surface area (Å²) < 4.78 is 0. The maximum absolute atomic E-state index is 6.65. The Bertz CT molecular complexity index is 651. The smallest absolute Gasteiger partial charge is 0.0708 e. The molecule has 1 aromatic heterocycles. The molecule has 4 N–H and O–H groups in total. The number of benzene rings is 1. The van der Waals surface area contributed by atoms with E-state index in [9.17, 15) is 0 Å². The summed E-state index contributed by atoms with van der Waals surface area (Å²) >= 11 is 0. The maximum atomic E-state index is 6.65. The molecule has 0 saturated carbocycles. The van der Waals surface area contributed by atoms with Gasteiger partial charge in [0, 0.05) is 17.1 Å². The molecule has 1 aliphatic carbocycles. The second-order valence-corrected chi connectivity index (χ2v) is 6.77. The largest absolute Gasteiger partial charge is 0.330 e. The van der Waals surface area contributed by atoms with Crippen LogP contribution in [0.2, 0.25) is 0 Å². The van der Waals surface area contributed by atoms with Gasteiger partial charge in [0.25, 0.3) is 0 Å². The summed E-state index contributed by atoms with van der Waals surface area (Å²) in [6.07, 6.45) is 10.6. The van der Waals surface area contributed by atoms with E-state index in [2.05, 4.69) is 24.3 Å². The van der Waals surface area contributed by atoms with Gasteiger partial charge >= 0.3 is 0 Å². The molecule has 0 fully saturated rings. The van der Waals surface area contributed by atoms with Crippen LogP contribution >= 0.6 is 0 Å². The van der Waals surface area contributed by atoms with Gasteiger partial charge in [0.05, 0.1) is 5.52 Å². The molecule has 1 heterocycles. The summed E-state index contributed by atoms with van der Waals surface area (Å²) in [4.78, 5) is 4.91. The van der Waals surface area contributed by atoms with E-state index in [1.54, 1.807) is 0 Å². The predicted molar refractivity (Wildman–Crippen MR) is 97.5 cm³/mol. The molecular formula is C20H29N3. The number of para-hydroxylation sites is 1. The van der Waals surface area contributed by atoms with Crippen LogP contribution in [-0.2, 0) is 12.8 Å². The summed E-state index contributed by atoms with van der Waals surface area (Å²) in [5, 5.41) is 1.27. The van der Waals surface area contributed by atoms with Crippen molar-refractivity contribution < 1.29 is 0 Å². The molecule has 124 valence electrons. The minimum atomic E-state index is 0.132. The molecule has 1 atom stereocenters. The molecular weight excluding hydrogens is 282 g/mol. The van der Waals surface area contributed by atoms with Crippen LogP contribution in [0.1, 0.15) is 67.8 Å². The van der Waals surface area contributed by atoms with E-state index in [-0.39, 0.29) is 6.04 Å². The highest BCUT2D eigenvalue weighted by Crippen LogP contribution is 2.34. The van der Waals surface area contributed by atoms with Gasteiger partial charge in [-0.25, -0.2) is 0 Å². The first-order valence-corrected chi connectivity index (χ1v) is 9.17. The Morgan fingerprint density at radius 2 is 1.78 bits per heavy atom. The molecule has 0 bridgehead atoms. The number of aromatic nitrogens is 1. The van der Waals surface area contributed by atoms with Crippen LogP contribution in [0, 0.1) is 0 Å². The van der Waals surface area contributed by atoms with Crippen molar-refractivity contribution in [3.63, 3.8) is 0 Å². The molecule has 0 aliphatic heterocycles. The first-order valence-electron chi connectivity index (χ1n) is 9.17. The van der Waals surface area contributed by atoms with Crippen molar-refractivity contribution in [1.29, 1.82) is 0 Å². The minimum absolute atomic E-state index is 0.132. The van der Waals surface area contributed by atoms with Gasteiger partial charge in [-0.05, 0) is 62.3 Å². The van der Waals surface area contributed by atoms with Crippen LogP contribution in [0.15, 0.2) is 24.3 Å². The van der Waals surface area contributed by atoms with Crippen molar-refractivity contribution in [1.82, 2.24) is 4.98 Å². The SMILES string of the molecule is NCCCCCCC(N)c1c2c(nc3ccccc13)CCCC2. The molecule has 2 aromatic rings. The zero-order valence-electron chi connectivity index (χ0n) is 14.1. The molecule has 0 spiro atoms. The Morgan fingerprint density at radius 1 is 1.00 bits per heavy atom. The lowest BCUT2D eigenvalue weighted by Gasteiger charge is -2.24. The summed E-state index contributed by atoms with van der Waals surface area (Å²) in [5.74, 6) is 0. The highest BCUT2D eigenvalue weighted by molar-refractivity contribution is 5.84. The molecule has 23 heavy (non-hydrogen) atoms. The lowest BCUT2D eigenvalue weighted by molar-refractivity contribution is 0.554. The van der Waals surface area contributed by atoms with Gasteiger partial charge in [-0.15, -0.1) is 0 Å². The quantitative estimate of drug-likeness (QED) is 0.759. The van der Waals surface area contributed by atoms with Crippen LogP contribution in [0.25, 0.3) is 10.9 Å². The topological polar surface area (TPSA) is 64.9 Å². The van der Waals surface area contributed by atoms with E-state index in [1.165, 1.54) is 54.3 Å². The molecule has 1 aliphatic rings. The molecule has 3 nitrogen and oxygen atoms in total. The summed E-state index contributed by atoms with van der Waals surface area (Å²) in [5.41, 5.74) is 17.5. The predicted octanol–water partition coefficient (Wildman–Crippen LogP) is 4.02. The van der Waals surface area contributed by atoms with Crippen molar-refractivity contribution in [3.8, 4) is 0 Å². The van der Waals surface area contributed by atoms with E-state index in [1.807, 2.05) is 0 Å². The number of pyridine rings is 1. The van der Waals surface area contributed by atoms with E-state index < -0.39 is 0 Å². The van der Waals surface area contributed by atoms with E-state index >= 15 is 0 Å². The van der Waals surface area contributed by atoms with Crippen molar-refractivity contribution in [3.05, 3.63) is 41.1 Å². The zero-order valence-corrected chi connectivity index (χ0v) is 14.1. The Labute approximate surface area is 139 Å². The summed E-state index contributed by atoms with van der Waals surface area (Å²) in [6.45, 7) is 0.800. The zero-order chi connectivity index (χ0) is 16.1. The second-order valence-electron chi connectivity index (χ2n) is 6.77. The van der Waals surface area contributed by atoms with Gasteiger partial charge in [0.15, 0.2) is 0 Å². The first kappa shape index (κ1) is 16.4. The van der Waals surface area contributed by atoms with Crippen LogP contribution in [-0.4, -0.2) is 11.5 Å². The number of rotatable bonds is 7. The van der Waals surface area contributed by atoms with Crippen molar-refractivity contribution in [2.45, 2.75) is 63.8 Å². The Balaban J connectivity index is 1.85. The Morgan fingerprint density at radius 3 is 2.65 bits per heavy atom. The first-order chi connectivity index (χ1) is 11.3.